The molecule has 0 saturated carbocycles. The second-order valence-electron chi connectivity index (χ2n) is 4.25. The van der Waals surface area contributed by atoms with Gasteiger partial charge < -0.3 is 0 Å². The van der Waals surface area contributed by atoms with Gasteiger partial charge in [-0.2, -0.15) is 5.26 Å². The number of nitro groups is 1. The third-order valence-corrected chi connectivity index (χ3v) is 3.68. The average molecular weight is 296 g/mol. The molecule has 0 N–H and O–H groups in total. The normalized spacial score (nSPS) is 11.0. The van der Waals surface area contributed by atoms with Crippen molar-refractivity contribution in [1.29, 1.82) is 5.26 Å². The zero-order valence-electron chi connectivity index (χ0n) is 11.3. The van der Waals surface area contributed by atoms with Crippen LogP contribution < -0.4 is 0 Å². The van der Waals surface area contributed by atoms with Gasteiger partial charge in [-0.25, -0.2) is 0 Å². The van der Waals surface area contributed by atoms with E-state index in [2.05, 4.69) is 6.07 Å². The number of benzene rings is 2. The molecule has 0 saturated heterocycles. The van der Waals surface area contributed by atoms with E-state index in [4.69, 9.17) is 0 Å². The third kappa shape index (κ3) is 3.71. The average Bonchev–Trinajstić information content (AvgIpc) is 2.53. The number of nitrogens with zero attached hydrogens (tertiary/aromatic N) is 2. The maximum atomic E-state index is 10.6. The number of nitro benzene ring substituents is 1. The zero-order chi connectivity index (χ0) is 15.2. The summed E-state index contributed by atoms with van der Waals surface area (Å²) in [6, 6.07) is 16.0. The van der Waals surface area contributed by atoms with E-state index in [1.54, 1.807) is 30.0 Å². The monoisotopic (exact) mass is 296 g/mol. The van der Waals surface area contributed by atoms with Gasteiger partial charge in [0, 0.05) is 17.0 Å². The van der Waals surface area contributed by atoms with Crippen LogP contribution in [0.25, 0.3) is 11.6 Å². The van der Waals surface area contributed by atoms with Crippen molar-refractivity contribution in [3.8, 4) is 6.07 Å². The van der Waals surface area contributed by atoms with Crippen molar-refractivity contribution in [3.05, 3.63) is 69.8 Å². The van der Waals surface area contributed by atoms with E-state index >= 15 is 0 Å². The second kappa shape index (κ2) is 6.73. The van der Waals surface area contributed by atoms with Gasteiger partial charge in [0.25, 0.3) is 5.69 Å². The lowest BCUT2D eigenvalue weighted by Crippen LogP contribution is -1.88. The predicted molar refractivity (Wildman–Crippen MR) is 84.8 cm³/mol. The summed E-state index contributed by atoms with van der Waals surface area (Å²) in [7, 11) is 0. The molecule has 0 bridgehead atoms. The van der Waals surface area contributed by atoms with Crippen molar-refractivity contribution in [3.63, 3.8) is 0 Å². The van der Waals surface area contributed by atoms with Gasteiger partial charge in [-0.1, -0.05) is 12.1 Å². The van der Waals surface area contributed by atoms with Crippen LogP contribution in [0.5, 0.6) is 0 Å². The van der Waals surface area contributed by atoms with E-state index in [1.807, 2.05) is 30.5 Å². The first kappa shape index (κ1) is 14.8. The molecule has 2 aromatic carbocycles. The van der Waals surface area contributed by atoms with E-state index in [1.165, 1.54) is 12.1 Å². The molecule has 2 rings (SSSR count). The highest BCUT2D eigenvalue weighted by Crippen LogP contribution is 2.22. The quantitative estimate of drug-likeness (QED) is 0.276. The minimum Gasteiger partial charge on any atom is -0.258 e. The van der Waals surface area contributed by atoms with Crippen molar-refractivity contribution in [2.45, 2.75) is 4.90 Å². The fourth-order valence-corrected chi connectivity index (χ4v) is 2.22. The molecule has 0 heterocycles. The highest BCUT2D eigenvalue weighted by Gasteiger charge is 2.06. The second-order valence-corrected chi connectivity index (χ2v) is 5.13. The summed E-state index contributed by atoms with van der Waals surface area (Å²) < 4.78 is 0. The standard InChI is InChI=1S/C16H12N2O2S/c1-21-16-8-2-12(3-9-16)10-14(11-17)13-4-6-15(7-5-13)18(19)20/h2-10H,1H3/b14-10+. The summed E-state index contributed by atoms with van der Waals surface area (Å²) in [6.45, 7) is 0. The third-order valence-electron chi connectivity index (χ3n) is 2.94. The topological polar surface area (TPSA) is 66.9 Å². The van der Waals surface area contributed by atoms with Crippen LogP contribution in [0, 0.1) is 21.4 Å². The van der Waals surface area contributed by atoms with Crippen LogP contribution in [0.15, 0.2) is 53.4 Å². The lowest BCUT2D eigenvalue weighted by Gasteiger charge is -2.01. The Bertz CT molecular complexity index is 713. The molecule has 0 aromatic heterocycles. The van der Waals surface area contributed by atoms with Crippen LogP contribution in [-0.2, 0) is 0 Å². The van der Waals surface area contributed by atoms with E-state index in [9.17, 15) is 15.4 Å². The lowest BCUT2D eigenvalue weighted by atomic mass is 10.0. The van der Waals surface area contributed by atoms with Crippen LogP contribution in [0.4, 0.5) is 5.69 Å². The number of rotatable bonds is 4. The summed E-state index contributed by atoms with van der Waals surface area (Å²) >= 11 is 1.65. The summed E-state index contributed by atoms with van der Waals surface area (Å²) in [5, 5.41) is 19.9. The lowest BCUT2D eigenvalue weighted by molar-refractivity contribution is -0.384. The first-order valence-electron chi connectivity index (χ1n) is 6.14. The van der Waals surface area contributed by atoms with E-state index in [0.29, 0.717) is 11.1 Å². The Morgan fingerprint density at radius 2 is 1.81 bits per heavy atom. The molecule has 0 amide bonds. The van der Waals surface area contributed by atoms with Crippen molar-refractivity contribution in [2.24, 2.45) is 0 Å². The van der Waals surface area contributed by atoms with E-state index < -0.39 is 4.92 Å². The molecular weight excluding hydrogens is 284 g/mol. The molecule has 0 fully saturated rings. The molecule has 0 aliphatic heterocycles. The van der Waals surface area contributed by atoms with Crippen LogP contribution in [0.1, 0.15) is 11.1 Å². The molecular formula is C16H12N2O2S. The molecule has 0 aliphatic carbocycles. The molecule has 0 radical (unpaired) electrons. The maximum Gasteiger partial charge on any atom is 0.269 e. The molecule has 4 nitrogen and oxygen atoms in total. The van der Waals surface area contributed by atoms with E-state index in [-0.39, 0.29) is 5.69 Å². The van der Waals surface area contributed by atoms with Gasteiger partial charge in [-0.15, -0.1) is 11.8 Å². The number of thioether (sulfide) groups is 1. The van der Waals surface area contributed by atoms with E-state index in [0.717, 1.165) is 10.5 Å². The first-order chi connectivity index (χ1) is 10.1. The SMILES string of the molecule is CSc1ccc(/C=C(\C#N)c2ccc([N+](=O)[O-])cc2)cc1. The summed E-state index contributed by atoms with van der Waals surface area (Å²) in [5.74, 6) is 0. The molecule has 5 heteroatoms. The van der Waals surface area contributed by atoms with Crippen molar-refractivity contribution in [2.75, 3.05) is 6.26 Å². The van der Waals surface area contributed by atoms with Gasteiger partial charge in [0.15, 0.2) is 0 Å². The van der Waals surface area contributed by atoms with Crippen LogP contribution >= 0.6 is 11.8 Å². The summed E-state index contributed by atoms with van der Waals surface area (Å²) in [5.41, 5.74) is 2.07. The fourth-order valence-electron chi connectivity index (χ4n) is 1.81. The molecule has 2 aromatic rings. The first-order valence-corrected chi connectivity index (χ1v) is 7.37. The highest BCUT2D eigenvalue weighted by molar-refractivity contribution is 7.98. The van der Waals surface area contributed by atoms with Crippen molar-refractivity contribution >= 4 is 29.1 Å². The Hall–Kier alpha value is -2.58. The number of hydrogen-bond donors (Lipinski definition) is 0. The largest absolute Gasteiger partial charge is 0.269 e. The van der Waals surface area contributed by atoms with Crippen LogP contribution in [0.2, 0.25) is 0 Å². The maximum absolute atomic E-state index is 10.6. The van der Waals surface area contributed by atoms with Crippen molar-refractivity contribution in [1.82, 2.24) is 0 Å². The summed E-state index contributed by atoms with van der Waals surface area (Å²) in [6.07, 6.45) is 3.77. The Balaban J connectivity index is 2.31. The number of allylic oxidation sites excluding steroid dienone is 1. The number of nitriles is 1. The molecule has 0 atom stereocenters. The van der Waals surface area contributed by atoms with Crippen LogP contribution in [0.3, 0.4) is 0 Å². The smallest absolute Gasteiger partial charge is 0.258 e. The highest BCUT2D eigenvalue weighted by atomic mass is 32.2. The minimum absolute atomic E-state index is 0.0142. The molecule has 0 aliphatic rings. The minimum atomic E-state index is -0.458. The molecule has 104 valence electrons. The Morgan fingerprint density at radius 1 is 1.19 bits per heavy atom. The molecule has 0 unspecified atom stereocenters. The molecule has 0 spiro atoms. The van der Waals surface area contributed by atoms with Crippen LogP contribution in [-0.4, -0.2) is 11.2 Å². The van der Waals surface area contributed by atoms with Gasteiger partial charge in [-0.3, -0.25) is 10.1 Å². The Labute approximate surface area is 126 Å². The van der Waals surface area contributed by atoms with Gasteiger partial charge in [0.2, 0.25) is 0 Å². The van der Waals surface area contributed by atoms with Gasteiger partial charge in [0.1, 0.15) is 0 Å². The number of hydrogen-bond acceptors (Lipinski definition) is 4. The van der Waals surface area contributed by atoms with Gasteiger partial charge in [-0.05, 0) is 47.7 Å². The number of non-ortho nitro benzene ring substituents is 1. The summed E-state index contributed by atoms with van der Waals surface area (Å²) in [4.78, 5) is 11.3. The van der Waals surface area contributed by atoms with Crippen molar-refractivity contribution < 1.29 is 4.92 Å². The Morgan fingerprint density at radius 3 is 2.29 bits per heavy atom. The fraction of sp³-hybridized carbons (Fsp3) is 0.0625. The predicted octanol–water partition coefficient (Wildman–Crippen LogP) is 4.38. The van der Waals surface area contributed by atoms with Gasteiger partial charge in [0.05, 0.1) is 16.6 Å². The zero-order valence-corrected chi connectivity index (χ0v) is 12.1. The van der Waals surface area contributed by atoms with Gasteiger partial charge >= 0.3 is 0 Å². The molecule has 21 heavy (non-hydrogen) atoms. The Kier molecular flexibility index (Phi) is 4.75.